The van der Waals surface area contributed by atoms with Crippen LogP contribution in [0.5, 0.6) is 11.5 Å². The van der Waals surface area contributed by atoms with Crippen LogP contribution in [0, 0.1) is 0 Å². The molecule has 2 heterocycles. The molecule has 1 aromatic carbocycles. The van der Waals surface area contributed by atoms with Gasteiger partial charge in [-0.15, -0.1) is 0 Å². The number of nitrogens with zero attached hydrogens (tertiary/aromatic N) is 1. The van der Waals surface area contributed by atoms with Crippen LogP contribution in [0.15, 0.2) is 12.1 Å². The normalized spacial score (nSPS) is 17.7. The van der Waals surface area contributed by atoms with Crippen LogP contribution < -0.4 is 14.8 Å². The van der Waals surface area contributed by atoms with Gasteiger partial charge in [-0.25, -0.2) is 0 Å². The number of halogens is 1. The van der Waals surface area contributed by atoms with E-state index in [1.165, 1.54) is 0 Å². The molecule has 0 radical (unpaired) electrons. The van der Waals surface area contributed by atoms with Crippen LogP contribution in [0.25, 0.3) is 0 Å². The Hall–Kier alpha value is -1.95. The third-order valence-corrected chi connectivity index (χ3v) is 4.01. The molecular formula is C15H17ClN2O4. The average Bonchev–Trinajstić information content (AvgIpc) is 3.08. The molecule has 6 nitrogen and oxygen atoms in total. The van der Waals surface area contributed by atoms with E-state index in [1.807, 2.05) is 6.92 Å². The number of nitrogens with one attached hydrogen (secondary N) is 1. The quantitative estimate of drug-likeness (QED) is 0.917. The molecule has 0 saturated carbocycles. The molecule has 2 aliphatic rings. The van der Waals surface area contributed by atoms with E-state index in [2.05, 4.69) is 5.32 Å². The van der Waals surface area contributed by atoms with Crippen molar-refractivity contribution in [1.82, 2.24) is 10.2 Å². The summed E-state index contributed by atoms with van der Waals surface area (Å²) in [5.41, 5.74) is 0.411. The lowest BCUT2D eigenvalue weighted by Gasteiger charge is -2.21. The number of likely N-dealkylation sites (tertiary alicyclic amines) is 1. The molecule has 0 aliphatic carbocycles. The second-order valence-electron chi connectivity index (χ2n) is 5.51. The Bertz CT molecular complexity index is 620. The predicted octanol–water partition coefficient (Wildman–Crippen LogP) is 1.81. The number of ether oxygens (including phenoxy) is 2. The van der Waals surface area contributed by atoms with Crippen molar-refractivity contribution < 1.29 is 19.1 Å². The highest BCUT2D eigenvalue weighted by Crippen LogP contribution is 2.39. The van der Waals surface area contributed by atoms with Crippen molar-refractivity contribution in [3.05, 3.63) is 22.7 Å². The molecular weight excluding hydrogens is 308 g/mol. The maximum atomic E-state index is 12.3. The van der Waals surface area contributed by atoms with Crippen LogP contribution in [0.4, 0.5) is 0 Å². The van der Waals surface area contributed by atoms with E-state index >= 15 is 0 Å². The first-order chi connectivity index (χ1) is 10.5. The lowest BCUT2D eigenvalue weighted by Crippen LogP contribution is -2.42. The van der Waals surface area contributed by atoms with Gasteiger partial charge in [-0.2, -0.15) is 0 Å². The van der Waals surface area contributed by atoms with Crippen molar-refractivity contribution in [2.45, 2.75) is 25.8 Å². The topological polar surface area (TPSA) is 67.9 Å². The largest absolute Gasteiger partial charge is 0.454 e. The summed E-state index contributed by atoms with van der Waals surface area (Å²) in [6.45, 7) is 3.25. The van der Waals surface area contributed by atoms with E-state index in [9.17, 15) is 9.59 Å². The molecule has 1 fully saturated rings. The van der Waals surface area contributed by atoms with Crippen molar-refractivity contribution in [2.24, 2.45) is 0 Å². The fourth-order valence-electron chi connectivity index (χ4n) is 2.68. The zero-order valence-corrected chi connectivity index (χ0v) is 13.0. The Balaban J connectivity index is 1.64. The van der Waals surface area contributed by atoms with E-state index in [0.717, 1.165) is 13.0 Å². The molecule has 2 aliphatic heterocycles. The maximum absolute atomic E-state index is 12.3. The van der Waals surface area contributed by atoms with Gasteiger partial charge in [-0.05, 0) is 25.5 Å². The molecule has 3 rings (SSSR count). The monoisotopic (exact) mass is 324 g/mol. The first kappa shape index (κ1) is 15.0. The number of carbonyl (C=O) groups is 2. The number of rotatable bonds is 4. The number of carbonyl (C=O) groups excluding carboxylic acids is 2. The molecule has 1 aromatic rings. The minimum Gasteiger partial charge on any atom is -0.454 e. The molecule has 1 unspecified atom stereocenters. The van der Waals surface area contributed by atoms with Gasteiger partial charge in [0.2, 0.25) is 12.7 Å². The summed E-state index contributed by atoms with van der Waals surface area (Å²) in [6.07, 6.45) is 1.48. The fourth-order valence-corrected chi connectivity index (χ4v) is 2.94. The molecule has 118 valence electrons. The summed E-state index contributed by atoms with van der Waals surface area (Å²) in [7, 11) is 0. The summed E-state index contributed by atoms with van der Waals surface area (Å²) in [6, 6.07) is 3.02. The van der Waals surface area contributed by atoms with Gasteiger partial charge in [0.1, 0.15) is 0 Å². The third kappa shape index (κ3) is 2.97. The van der Waals surface area contributed by atoms with Gasteiger partial charge >= 0.3 is 0 Å². The second kappa shape index (κ2) is 6.04. The molecule has 0 aromatic heterocycles. The zero-order chi connectivity index (χ0) is 15.7. The first-order valence-electron chi connectivity index (χ1n) is 7.22. The summed E-state index contributed by atoms with van der Waals surface area (Å²) in [5.74, 6) is 0.834. The van der Waals surface area contributed by atoms with Gasteiger partial charge < -0.3 is 19.7 Å². The van der Waals surface area contributed by atoms with E-state index < -0.39 is 0 Å². The summed E-state index contributed by atoms with van der Waals surface area (Å²) >= 11 is 6.07. The van der Waals surface area contributed by atoms with E-state index in [0.29, 0.717) is 35.1 Å². The van der Waals surface area contributed by atoms with Crippen LogP contribution in [-0.2, 0) is 4.79 Å². The van der Waals surface area contributed by atoms with Gasteiger partial charge in [-0.1, -0.05) is 11.6 Å². The van der Waals surface area contributed by atoms with Crippen molar-refractivity contribution in [3.8, 4) is 11.5 Å². The number of fused-ring (bicyclic) bond motifs is 1. The Labute approximate surface area is 133 Å². The summed E-state index contributed by atoms with van der Waals surface area (Å²) in [5, 5.41) is 3.22. The van der Waals surface area contributed by atoms with E-state index in [4.69, 9.17) is 21.1 Å². The van der Waals surface area contributed by atoms with Gasteiger partial charge in [-0.3, -0.25) is 9.59 Å². The number of hydrogen-bond donors (Lipinski definition) is 1. The Morgan fingerprint density at radius 1 is 1.45 bits per heavy atom. The number of benzene rings is 1. The Morgan fingerprint density at radius 3 is 3.00 bits per heavy atom. The molecule has 1 N–H and O–H groups in total. The number of amides is 2. The van der Waals surface area contributed by atoms with Crippen molar-refractivity contribution in [2.75, 3.05) is 19.9 Å². The van der Waals surface area contributed by atoms with Crippen LogP contribution >= 0.6 is 11.6 Å². The smallest absolute Gasteiger partial charge is 0.251 e. The second-order valence-corrected chi connectivity index (χ2v) is 5.92. The predicted molar refractivity (Wildman–Crippen MR) is 80.3 cm³/mol. The minimum atomic E-state index is -0.251. The summed E-state index contributed by atoms with van der Waals surface area (Å²) < 4.78 is 10.5. The van der Waals surface area contributed by atoms with Gasteiger partial charge in [0.15, 0.2) is 11.5 Å². The summed E-state index contributed by atoms with van der Waals surface area (Å²) in [4.78, 5) is 25.7. The molecule has 1 saturated heterocycles. The highest BCUT2D eigenvalue weighted by molar-refractivity contribution is 6.32. The fraction of sp³-hybridized carbons (Fsp3) is 0.467. The third-order valence-electron chi connectivity index (χ3n) is 3.73. The lowest BCUT2D eigenvalue weighted by atomic mass is 10.1. The minimum absolute atomic E-state index is 0.105. The molecule has 0 bridgehead atoms. The SMILES string of the molecule is CC(CN1CCCC1=O)NC(=O)c1cc(Cl)c2c(c1)OCO2. The van der Waals surface area contributed by atoms with Crippen molar-refractivity contribution >= 4 is 23.4 Å². The molecule has 22 heavy (non-hydrogen) atoms. The van der Waals surface area contributed by atoms with E-state index in [1.54, 1.807) is 17.0 Å². The highest BCUT2D eigenvalue weighted by atomic mass is 35.5. The molecule has 1 atom stereocenters. The van der Waals surface area contributed by atoms with Crippen LogP contribution in [-0.4, -0.2) is 42.6 Å². The standard InChI is InChI=1S/C15H17ClN2O4/c1-9(7-18-4-2-3-13(18)19)17-15(20)10-5-11(16)14-12(6-10)21-8-22-14/h5-6,9H,2-4,7-8H2,1H3,(H,17,20). The van der Waals surface area contributed by atoms with Crippen molar-refractivity contribution in [1.29, 1.82) is 0 Å². The molecule has 7 heteroatoms. The number of hydrogen-bond acceptors (Lipinski definition) is 4. The van der Waals surface area contributed by atoms with Crippen LogP contribution in [0.3, 0.4) is 0 Å². The van der Waals surface area contributed by atoms with Gasteiger partial charge in [0.25, 0.3) is 5.91 Å². The van der Waals surface area contributed by atoms with Crippen molar-refractivity contribution in [3.63, 3.8) is 0 Å². The zero-order valence-electron chi connectivity index (χ0n) is 12.2. The first-order valence-corrected chi connectivity index (χ1v) is 7.60. The van der Waals surface area contributed by atoms with Crippen LogP contribution in [0.1, 0.15) is 30.1 Å². The Morgan fingerprint density at radius 2 is 2.27 bits per heavy atom. The average molecular weight is 325 g/mol. The molecule has 0 spiro atoms. The van der Waals surface area contributed by atoms with Gasteiger partial charge in [0.05, 0.1) is 5.02 Å². The van der Waals surface area contributed by atoms with Gasteiger partial charge in [0, 0.05) is 31.1 Å². The molecule has 2 amide bonds. The maximum Gasteiger partial charge on any atom is 0.251 e. The lowest BCUT2D eigenvalue weighted by molar-refractivity contribution is -0.127. The van der Waals surface area contributed by atoms with Crippen LogP contribution in [0.2, 0.25) is 5.02 Å². The van der Waals surface area contributed by atoms with E-state index in [-0.39, 0.29) is 24.6 Å². The Kier molecular flexibility index (Phi) is 4.11. The highest BCUT2D eigenvalue weighted by Gasteiger charge is 2.24.